The van der Waals surface area contributed by atoms with E-state index in [-0.39, 0.29) is 11.3 Å². The first-order valence-corrected chi connectivity index (χ1v) is 8.64. The molecule has 0 bridgehead atoms. The van der Waals surface area contributed by atoms with Crippen molar-refractivity contribution < 1.29 is 4.79 Å². The van der Waals surface area contributed by atoms with Crippen LogP contribution in [0.15, 0.2) is 24.3 Å². The van der Waals surface area contributed by atoms with Gasteiger partial charge in [0.25, 0.3) is 0 Å². The number of carbonyl (C=O) groups is 1. The minimum atomic E-state index is -0.110. The summed E-state index contributed by atoms with van der Waals surface area (Å²) in [4.78, 5) is 14.2. The summed E-state index contributed by atoms with van der Waals surface area (Å²) in [5.41, 5.74) is 4.57. The minimum absolute atomic E-state index is 0.0693. The summed E-state index contributed by atoms with van der Waals surface area (Å²) in [6.07, 6.45) is 5.45. The number of amides is 1. The van der Waals surface area contributed by atoms with Crippen molar-refractivity contribution in [2.45, 2.75) is 37.5 Å². The van der Waals surface area contributed by atoms with Crippen LogP contribution in [0, 0.1) is 0 Å². The normalized spacial score (nSPS) is 18.0. The van der Waals surface area contributed by atoms with Gasteiger partial charge in [0, 0.05) is 15.4 Å². The summed E-state index contributed by atoms with van der Waals surface area (Å²) in [5, 5.41) is 2.75. The van der Waals surface area contributed by atoms with Gasteiger partial charge in [-0.2, -0.15) is 0 Å². The maximum absolute atomic E-state index is 11.4. The second-order valence-corrected chi connectivity index (χ2v) is 7.41. The number of rotatable bonds is 2. The Morgan fingerprint density at radius 1 is 1.14 bits per heavy atom. The number of thiophene rings is 1. The van der Waals surface area contributed by atoms with Crippen LogP contribution in [0.3, 0.4) is 0 Å². The molecule has 1 unspecified atom stereocenters. The van der Waals surface area contributed by atoms with Crippen LogP contribution in [0.5, 0.6) is 0 Å². The van der Waals surface area contributed by atoms with Crippen molar-refractivity contribution in [3.05, 3.63) is 50.7 Å². The maximum atomic E-state index is 11.4. The lowest BCUT2D eigenvalue weighted by Gasteiger charge is -2.09. The molecular formula is C17H16ClNOS. The first-order valence-electron chi connectivity index (χ1n) is 7.39. The zero-order chi connectivity index (χ0) is 14.4. The average Bonchev–Trinajstić information content (AvgIpc) is 3.07. The summed E-state index contributed by atoms with van der Waals surface area (Å²) in [7, 11) is 0. The van der Waals surface area contributed by atoms with Gasteiger partial charge in [0.1, 0.15) is 0 Å². The maximum Gasteiger partial charge on any atom is 0.228 e. The van der Waals surface area contributed by atoms with Gasteiger partial charge in [0.15, 0.2) is 0 Å². The van der Waals surface area contributed by atoms with Crippen molar-refractivity contribution in [2.75, 3.05) is 5.32 Å². The van der Waals surface area contributed by atoms with E-state index in [1.54, 1.807) is 0 Å². The van der Waals surface area contributed by atoms with Crippen molar-refractivity contribution in [1.29, 1.82) is 0 Å². The van der Waals surface area contributed by atoms with Gasteiger partial charge in [-0.3, -0.25) is 4.79 Å². The quantitative estimate of drug-likeness (QED) is 0.815. The molecule has 1 aliphatic carbocycles. The predicted octanol–water partition coefficient (Wildman–Crippen LogP) is 4.45. The van der Waals surface area contributed by atoms with Crippen LogP contribution in [-0.2, 0) is 24.1 Å². The van der Waals surface area contributed by atoms with E-state index < -0.39 is 0 Å². The molecule has 1 aromatic heterocycles. The summed E-state index contributed by atoms with van der Waals surface area (Å²) in [5.74, 6) is 0.0693. The largest absolute Gasteiger partial charge is 0.326 e. The molecule has 0 saturated carbocycles. The molecule has 108 valence electrons. The highest BCUT2D eigenvalue weighted by molar-refractivity contribution is 7.12. The average molecular weight is 318 g/mol. The highest BCUT2D eigenvalue weighted by Gasteiger charge is 2.22. The SMILES string of the molecule is O=C1Cc2cc(C(Cl)c3cc4c(s3)CCCC4)ccc2N1. The number of anilines is 1. The van der Waals surface area contributed by atoms with Crippen LogP contribution in [-0.4, -0.2) is 5.91 Å². The van der Waals surface area contributed by atoms with Gasteiger partial charge in [-0.25, -0.2) is 0 Å². The smallest absolute Gasteiger partial charge is 0.228 e. The van der Waals surface area contributed by atoms with E-state index in [4.69, 9.17) is 11.6 Å². The number of halogens is 1. The van der Waals surface area contributed by atoms with Gasteiger partial charge in [0.2, 0.25) is 5.91 Å². The van der Waals surface area contributed by atoms with E-state index in [0.29, 0.717) is 6.42 Å². The van der Waals surface area contributed by atoms with Gasteiger partial charge >= 0.3 is 0 Å². The monoisotopic (exact) mass is 317 g/mol. The summed E-state index contributed by atoms with van der Waals surface area (Å²) < 4.78 is 0. The second kappa shape index (κ2) is 5.15. The third-order valence-electron chi connectivity index (χ3n) is 4.31. The molecule has 0 spiro atoms. The Balaban J connectivity index is 1.65. The van der Waals surface area contributed by atoms with Crippen LogP contribution >= 0.6 is 22.9 Å². The van der Waals surface area contributed by atoms with Crippen LogP contribution in [0.2, 0.25) is 0 Å². The molecule has 2 heterocycles. The molecule has 0 radical (unpaired) electrons. The van der Waals surface area contributed by atoms with E-state index in [2.05, 4.69) is 17.4 Å². The standard InChI is InChI=1S/C17H16ClNOS/c18-17(15-8-10-3-1-2-4-14(10)21-15)11-5-6-13-12(7-11)9-16(20)19-13/h5-8,17H,1-4,9H2,(H,19,20). The third kappa shape index (κ3) is 2.39. The highest BCUT2D eigenvalue weighted by atomic mass is 35.5. The molecule has 21 heavy (non-hydrogen) atoms. The van der Waals surface area contributed by atoms with E-state index in [1.165, 1.54) is 41.0 Å². The lowest BCUT2D eigenvalue weighted by molar-refractivity contribution is -0.115. The molecule has 1 aromatic carbocycles. The fourth-order valence-corrected chi connectivity index (χ4v) is 4.81. The fourth-order valence-electron chi connectivity index (χ4n) is 3.21. The number of nitrogens with one attached hydrogen (secondary N) is 1. The van der Waals surface area contributed by atoms with Gasteiger partial charge in [0.05, 0.1) is 11.8 Å². The Kier molecular flexibility index (Phi) is 3.27. The number of carbonyl (C=O) groups excluding carboxylic acids is 1. The molecule has 1 atom stereocenters. The molecule has 1 N–H and O–H groups in total. The number of aryl methyl sites for hydroxylation is 2. The van der Waals surface area contributed by atoms with Crippen molar-refractivity contribution in [2.24, 2.45) is 0 Å². The van der Waals surface area contributed by atoms with Gasteiger partial charge < -0.3 is 5.32 Å². The molecule has 0 saturated heterocycles. The van der Waals surface area contributed by atoms with E-state index in [1.807, 2.05) is 23.5 Å². The Morgan fingerprint density at radius 2 is 2.00 bits per heavy atom. The first-order chi connectivity index (χ1) is 10.2. The minimum Gasteiger partial charge on any atom is -0.326 e. The van der Waals surface area contributed by atoms with Crippen molar-refractivity contribution in [1.82, 2.24) is 0 Å². The molecule has 4 heteroatoms. The Bertz CT molecular complexity index is 698. The fraction of sp³-hybridized carbons (Fsp3) is 0.353. The zero-order valence-electron chi connectivity index (χ0n) is 11.6. The van der Waals surface area contributed by atoms with Crippen LogP contribution in [0.1, 0.15) is 44.7 Å². The Labute approximate surface area is 133 Å². The molecular weight excluding hydrogens is 302 g/mol. The highest BCUT2D eigenvalue weighted by Crippen LogP contribution is 2.39. The Morgan fingerprint density at radius 3 is 2.86 bits per heavy atom. The van der Waals surface area contributed by atoms with Crippen LogP contribution in [0.4, 0.5) is 5.69 Å². The van der Waals surface area contributed by atoms with Crippen LogP contribution in [0.25, 0.3) is 0 Å². The number of hydrogen-bond acceptors (Lipinski definition) is 2. The number of hydrogen-bond donors (Lipinski definition) is 1. The zero-order valence-corrected chi connectivity index (χ0v) is 13.2. The number of alkyl halides is 1. The van der Waals surface area contributed by atoms with E-state index >= 15 is 0 Å². The van der Waals surface area contributed by atoms with Crippen molar-refractivity contribution >= 4 is 34.5 Å². The third-order valence-corrected chi connectivity index (χ3v) is 6.23. The first kappa shape index (κ1) is 13.4. The number of benzene rings is 1. The summed E-state index contributed by atoms with van der Waals surface area (Å²) in [6, 6.07) is 8.36. The Hall–Kier alpha value is -1.32. The van der Waals surface area contributed by atoms with Gasteiger partial charge in [-0.1, -0.05) is 12.1 Å². The molecule has 0 fully saturated rings. The number of fused-ring (bicyclic) bond motifs is 2. The molecule has 1 amide bonds. The van der Waals surface area contributed by atoms with Crippen molar-refractivity contribution in [3.8, 4) is 0 Å². The predicted molar refractivity (Wildman–Crippen MR) is 87.4 cm³/mol. The lowest BCUT2D eigenvalue weighted by atomic mass is 9.98. The molecule has 4 rings (SSSR count). The molecule has 1 aliphatic heterocycles. The lowest BCUT2D eigenvalue weighted by Crippen LogP contribution is -2.03. The molecule has 2 aliphatic rings. The topological polar surface area (TPSA) is 29.1 Å². The van der Waals surface area contributed by atoms with E-state index in [0.717, 1.165) is 16.8 Å². The van der Waals surface area contributed by atoms with Crippen molar-refractivity contribution in [3.63, 3.8) is 0 Å². The summed E-state index contributed by atoms with van der Waals surface area (Å²) in [6.45, 7) is 0. The summed E-state index contributed by atoms with van der Waals surface area (Å²) >= 11 is 8.55. The van der Waals surface area contributed by atoms with Crippen LogP contribution < -0.4 is 5.32 Å². The second-order valence-electron chi connectivity index (χ2n) is 5.81. The van der Waals surface area contributed by atoms with E-state index in [9.17, 15) is 4.79 Å². The molecule has 2 nitrogen and oxygen atoms in total. The van der Waals surface area contributed by atoms with Gasteiger partial charge in [-0.15, -0.1) is 22.9 Å². The van der Waals surface area contributed by atoms with Gasteiger partial charge in [-0.05, 0) is 54.5 Å². The molecule has 2 aromatic rings.